The highest BCUT2D eigenvalue weighted by Crippen LogP contribution is 2.17. The highest BCUT2D eigenvalue weighted by molar-refractivity contribution is 5.88. The van der Waals surface area contributed by atoms with Gasteiger partial charge in [-0.05, 0) is 25.2 Å². The number of allylic oxidation sites excluding steroid dienone is 1. The summed E-state index contributed by atoms with van der Waals surface area (Å²) in [6.07, 6.45) is 3.56. The van der Waals surface area contributed by atoms with Crippen molar-refractivity contribution in [3.05, 3.63) is 41.7 Å². The van der Waals surface area contributed by atoms with Crippen molar-refractivity contribution in [1.82, 2.24) is 0 Å². The highest BCUT2D eigenvalue weighted by Gasteiger charge is 2.21. The molecule has 6 heteroatoms. The molecule has 0 amide bonds. The van der Waals surface area contributed by atoms with Gasteiger partial charge in [-0.2, -0.15) is 0 Å². The fraction of sp³-hybridized carbons (Fsp3) is 0.286. The normalized spacial score (nSPS) is 16.8. The second-order valence-electron chi connectivity index (χ2n) is 3.93. The maximum Gasteiger partial charge on any atom is 0.345 e. The summed E-state index contributed by atoms with van der Waals surface area (Å²) < 4.78 is 14.6. The largest absolute Gasteiger partial charge is 0.497 e. The highest BCUT2D eigenvalue weighted by atomic mass is 16.6. The minimum atomic E-state index is -0.873. The lowest BCUT2D eigenvalue weighted by molar-refractivity contribution is -0.157. The number of methoxy groups -OCH3 is 1. The summed E-state index contributed by atoms with van der Waals surface area (Å²) in [4.78, 5) is 33.4. The SMILES string of the molecule is C=C(C)C(=O)OCC(=O)OC1C=CC(OC)=CC1=C=O. The van der Waals surface area contributed by atoms with E-state index in [-0.39, 0.29) is 11.1 Å². The van der Waals surface area contributed by atoms with Crippen molar-refractivity contribution in [2.75, 3.05) is 13.7 Å². The van der Waals surface area contributed by atoms with Gasteiger partial charge in [-0.3, -0.25) is 0 Å². The summed E-state index contributed by atoms with van der Waals surface area (Å²) in [6, 6.07) is 0. The number of rotatable bonds is 5. The Hall–Kier alpha value is -2.59. The van der Waals surface area contributed by atoms with E-state index in [0.717, 1.165) is 0 Å². The summed E-state index contributed by atoms with van der Waals surface area (Å²) in [6.45, 7) is 4.28. The van der Waals surface area contributed by atoms with Crippen LogP contribution in [0.1, 0.15) is 6.92 Å². The number of hydrogen-bond acceptors (Lipinski definition) is 6. The average Bonchev–Trinajstić information content (AvgIpc) is 2.44. The number of carbonyl (C=O) groups excluding carboxylic acids is 3. The fourth-order valence-corrected chi connectivity index (χ4v) is 1.31. The molecule has 0 bridgehead atoms. The minimum Gasteiger partial charge on any atom is -0.497 e. The van der Waals surface area contributed by atoms with E-state index in [9.17, 15) is 14.4 Å². The van der Waals surface area contributed by atoms with Gasteiger partial charge < -0.3 is 14.2 Å². The molecular formula is C14H14O6. The third-order valence-electron chi connectivity index (χ3n) is 2.32. The first-order valence-corrected chi connectivity index (χ1v) is 5.69. The van der Waals surface area contributed by atoms with Crippen LogP contribution in [-0.2, 0) is 28.6 Å². The van der Waals surface area contributed by atoms with Gasteiger partial charge in [-0.1, -0.05) is 6.58 Å². The zero-order valence-corrected chi connectivity index (χ0v) is 11.2. The minimum absolute atomic E-state index is 0.115. The van der Waals surface area contributed by atoms with Crippen molar-refractivity contribution in [3.63, 3.8) is 0 Å². The molecule has 1 atom stereocenters. The number of esters is 2. The van der Waals surface area contributed by atoms with Crippen LogP contribution < -0.4 is 0 Å². The van der Waals surface area contributed by atoms with Crippen molar-refractivity contribution >= 4 is 17.9 Å². The van der Waals surface area contributed by atoms with Crippen molar-refractivity contribution in [3.8, 4) is 0 Å². The summed E-state index contributed by atoms with van der Waals surface area (Å²) in [5, 5.41) is 0. The van der Waals surface area contributed by atoms with Gasteiger partial charge in [-0.25, -0.2) is 14.4 Å². The lowest BCUT2D eigenvalue weighted by atomic mass is 10.1. The van der Waals surface area contributed by atoms with Gasteiger partial charge in [0.05, 0.1) is 12.7 Å². The van der Waals surface area contributed by atoms with E-state index in [1.54, 1.807) is 12.0 Å². The molecule has 0 aromatic carbocycles. The quantitative estimate of drug-likeness (QED) is 0.422. The Balaban J connectivity index is 2.57. The van der Waals surface area contributed by atoms with Gasteiger partial charge in [0, 0.05) is 5.57 Å². The van der Waals surface area contributed by atoms with E-state index in [1.165, 1.54) is 26.2 Å². The second kappa shape index (κ2) is 7.11. The van der Waals surface area contributed by atoms with E-state index in [0.29, 0.717) is 5.76 Å². The molecule has 0 saturated heterocycles. The van der Waals surface area contributed by atoms with Crippen LogP contribution in [-0.4, -0.2) is 37.7 Å². The second-order valence-corrected chi connectivity index (χ2v) is 3.93. The number of ether oxygens (including phenoxy) is 3. The van der Waals surface area contributed by atoms with Crippen LogP contribution in [0.2, 0.25) is 0 Å². The lowest BCUT2D eigenvalue weighted by Gasteiger charge is -2.17. The molecule has 0 spiro atoms. The topological polar surface area (TPSA) is 78.9 Å². The first kappa shape index (κ1) is 15.5. The molecule has 106 valence electrons. The molecule has 0 radical (unpaired) electrons. The third-order valence-corrected chi connectivity index (χ3v) is 2.32. The van der Waals surface area contributed by atoms with Crippen molar-refractivity contribution in [2.24, 2.45) is 0 Å². The molecule has 20 heavy (non-hydrogen) atoms. The Morgan fingerprint density at radius 1 is 1.45 bits per heavy atom. The molecule has 1 unspecified atom stereocenters. The Labute approximate surface area is 116 Å². The van der Waals surface area contributed by atoms with E-state index >= 15 is 0 Å². The van der Waals surface area contributed by atoms with Gasteiger partial charge >= 0.3 is 11.9 Å². The Morgan fingerprint density at radius 2 is 2.15 bits per heavy atom. The molecule has 6 nitrogen and oxygen atoms in total. The smallest absolute Gasteiger partial charge is 0.345 e. The summed E-state index contributed by atoms with van der Waals surface area (Å²) in [5.74, 6) is 0.648. The van der Waals surface area contributed by atoms with Crippen LogP contribution in [0.25, 0.3) is 0 Å². The molecular weight excluding hydrogens is 264 g/mol. The van der Waals surface area contributed by atoms with Crippen LogP contribution in [0.4, 0.5) is 0 Å². The lowest BCUT2D eigenvalue weighted by Crippen LogP contribution is -2.24. The van der Waals surface area contributed by atoms with Crippen LogP contribution in [0.3, 0.4) is 0 Å². The summed E-state index contributed by atoms with van der Waals surface area (Å²) in [7, 11) is 1.45. The van der Waals surface area contributed by atoms with Crippen LogP contribution >= 0.6 is 0 Å². The van der Waals surface area contributed by atoms with Crippen LogP contribution in [0.15, 0.2) is 41.7 Å². The van der Waals surface area contributed by atoms with Crippen molar-refractivity contribution in [1.29, 1.82) is 0 Å². The predicted molar refractivity (Wildman–Crippen MR) is 69.1 cm³/mol. The van der Waals surface area contributed by atoms with E-state index in [2.05, 4.69) is 11.3 Å². The first-order valence-electron chi connectivity index (χ1n) is 5.69. The third kappa shape index (κ3) is 4.26. The zero-order chi connectivity index (χ0) is 15.1. The van der Waals surface area contributed by atoms with Gasteiger partial charge in [0.2, 0.25) is 0 Å². The molecule has 0 fully saturated rings. The monoisotopic (exact) mass is 278 g/mol. The van der Waals surface area contributed by atoms with Gasteiger partial charge in [0.15, 0.2) is 12.7 Å². The molecule has 0 saturated carbocycles. The molecule has 0 N–H and O–H groups in total. The van der Waals surface area contributed by atoms with Crippen LogP contribution in [0.5, 0.6) is 0 Å². The number of hydrogen-bond donors (Lipinski definition) is 0. The number of carbonyl (C=O) groups is 2. The Kier molecular flexibility index (Phi) is 5.50. The van der Waals surface area contributed by atoms with Crippen molar-refractivity contribution in [2.45, 2.75) is 13.0 Å². The van der Waals surface area contributed by atoms with Gasteiger partial charge in [0.25, 0.3) is 0 Å². The summed E-state index contributed by atoms with van der Waals surface area (Å²) in [5.41, 5.74) is 0.292. The van der Waals surface area contributed by atoms with Crippen LogP contribution in [0, 0.1) is 0 Å². The van der Waals surface area contributed by atoms with E-state index in [4.69, 9.17) is 9.47 Å². The molecule has 0 aromatic heterocycles. The molecule has 0 aliphatic heterocycles. The van der Waals surface area contributed by atoms with Gasteiger partial charge in [-0.15, -0.1) is 0 Å². The maximum atomic E-state index is 11.5. The zero-order valence-electron chi connectivity index (χ0n) is 11.2. The maximum absolute atomic E-state index is 11.5. The summed E-state index contributed by atoms with van der Waals surface area (Å²) >= 11 is 0. The predicted octanol–water partition coefficient (Wildman–Crippen LogP) is 0.876. The molecule has 1 aliphatic carbocycles. The molecule has 1 rings (SSSR count). The fourth-order valence-electron chi connectivity index (χ4n) is 1.31. The van der Waals surface area contributed by atoms with E-state index < -0.39 is 24.6 Å². The first-order chi connectivity index (χ1) is 9.47. The Morgan fingerprint density at radius 3 is 2.70 bits per heavy atom. The van der Waals surface area contributed by atoms with Crippen molar-refractivity contribution < 1.29 is 28.6 Å². The Bertz CT molecular complexity index is 534. The average molecular weight is 278 g/mol. The van der Waals surface area contributed by atoms with Gasteiger partial charge in [0.1, 0.15) is 11.7 Å². The molecule has 0 heterocycles. The molecule has 1 aliphatic rings. The standard InChI is InChI=1S/C14H14O6/c1-9(2)14(17)19-8-13(16)20-12-5-4-11(18-3)6-10(12)7-15/h4-6,12H,1,8H2,2-3H3. The van der Waals surface area contributed by atoms with E-state index in [1.807, 2.05) is 0 Å². The molecule has 0 aromatic rings.